The number of rotatable bonds is 5. The minimum atomic E-state index is -3.55. The van der Waals surface area contributed by atoms with Crippen molar-refractivity contribution >= 4 is 15.9 Å². The van der Waals surface area contributed by atoms with E-state index in [0.717, 1.165) is 24.8 Å². The highest BCUT2D eigenvalue weighted by Gasteiger charge is 2.26. The second-order valence-electron chi connectivity index (χ2n) is 6.60. The summed E-state index contributed by atoms with van der Waals surface area (Å²) in [5.74, 6) is -0.281. The predicted molar refractivity (Wildman–Crippen MR) is 101 cm³/mol. The van der Waals surface area contributed by atoms with E-state index < -0.39 is 10.0 Å². The van der Waals surface area contributed by atoms with Crippen molar-refractivity contribution in [2.45, 2.75) is 37.1 Å². The fraction of sp³-hybridized carbons (Fsp3) is 0.350. The number of hydrogen-bond donors (Lipinski definition) is 1. The van der Waals surface area contributed by atoms with Crippen LogP contribution in [-0.2, 0) is 10.0 Å². The molecule has 0 aliphatic carbocycles. The second-order valence-corrected chi connectivity index (χ2v) is 8.54. The lowest BCUT2D eigenvalue weighted by Gasteiger charge is -2.26. The van der Waals surface area contributed by atoms with Crippen LogP contribution in [0.3, 0.4) is 0 Å². The Morgan fingerprint density at radius 1 is 1.00 bits per heavy atom. The molecular formula is C20H24N2O3S. The van der Waals surface area contributed by atoms with E-state index >= 15 is 0 Å². The fourth-order valence-electron chi connectivity index (χ4n) is 3.16. The van der Waals surface area contributed by atoms with Crippen LogP contribution in [0.5, 0.6) is 0 Å². The third-order valence-corrected chi connectivity index (χ3v) is 6.59. The molecule has 0 radical (unpaired) electrons. The molecule has 1 N–H and O–H groups in total. The summed E-state index contributed by atoms with van der Waals surface area (Å²) in [6.07, 6.45) is 2.83. The van der Waals surface area contributed by atoms with Crippen molar-refractivity contribution in [1.82, 2.24) is 9.62 Å². The molecule has 0 unspecified atom stereocenters. The summed E-state index contributed by atoms with van der Waals surface area (Å²) in [6.45, 7) is 3.00. The first-order chi connectivity index (χ1) is 12.5. The van der Waals surface area contributed by atoms with Crippen LogP contribution in [0, 0.1) is 0 Å². The van der Waals surface area contributed by atoms with Gasteiger partial charge in [-0.2, -0.15) is 4.31 Å². The molecule has 1 aliphatic heterocycles. The summed E-state index contributed by atoms with van der Waals surface area (Å²) in [4.78, 5) is 12.7. The Bertz CT molecular complexity index is 860. The van der Waals surface area contributed by atoms with Crippen molar-refractivity contribution in [2.24, 2.45) is 0 Å². The van der Waals surface area contributed by atoms with E-state index in [-0.39, 0.29) is 16.8 Å². The molecular weight excluding hydrogens is 348 g/mol. The summed E-state index contributed by atoms with van der Waals surface area (Å²) in [5.41, 5.74) is 1.35. The first-order valence-electron chi connectivity index (χ1n) is 8.94. The Balaban J connectivity index is 1.77. The summed E-state index contributed by atoms with van der Waals surface area (Å²) in [5, 5.41) is 2.92. The zero-order chi connectivity index (χ0) is 18.6. The number of piperidine rings is 1. The minimum Gasteiger partial charge on any atom is -0.346 e. The number of nitrogens with zero attached hydrogens (tertiary/aromatic N) is 1. The Morgan fingerprint density at radius 2 is 1.69 bits per heavy atom. The summed E-state index contributed by atoms with van der Waals surface area (Å²) in [6, 6.07) is 15.8. The molecule has 1 atom stereocenters. The van der Waals surface area contributed by atoms with E-state index in [1.54, 1.807) is 18.2 Å². The van der Waals surface area contributed by atoms with Gasteiger partial charge >= 0.3 is 0 Å². The van der Waals surface area contributed by atoms with E-state index in [0.29, 0.717) is 18.7 Å². The lowest BCUT2D eigenvalue weighted by Crippen LogP contribution is -2.35. The Hall–Kier alpha value is -2.18. The zero-order valence-electron chi connectivity index (χ0n) is 14.9. The average molecular weight is 372 g/mol. The Labute approximate surface area is 155 Å². The van der Waals surface area contributed by atoms with Crippen LogP contribution in [0.25, 0.3) is 0 Å². The third-order valence-electron chi connectivity index (χ3n) is 4.70. The molecule has 0 spiro atoms. The topological polar surface area (TPSA) is 66.5 Å². The van der Waals surface area contributed by atoms with Crippen LogP contribution in [0.2, 0.25) is 0 Å². The van der Waals surface area contributed by atoms with Gasteiger partial charge in [0.2, 0.25) is 10.0 Å². The molecule has 1 heterocycles. The minimum absolute atomic E-state index is 0.161. The third kappa shape index (κ3) is 4.14. The van der Waals surface area contributed by atoms with Gasteiger partial charge in [-0.3, -0.25) is 4.79 Å². The van der Waals surface area contributed by atoms with Crippen molar-refractivity contribution in [1.29, 1.82) is 0 Å². The van der Waals surface area contributed by atoms with E-state index in [1.165, 1.54) is 10.4 Å². The van der Waals surface area contributed by atoms with Crippen molar-refractivity contribution in [2.75, 3.05) is 13.1 Å². The normalized spacial score (nSPS) is 16.8. The van der Waals surface area contributed by atoms with Crippen LogP contribution < -0.4 is 5.32 Å². The lowest BCUT2D eigenvalue weighted by atomic mass is 10.1. The lowest BCUT2D eigenvalue weighted by molar-refractivity contribution is 0.0939. The van der Waals surface area contributed by atoms with Crippen LogP contribution in [0.1, 0.15) is 48.1 Å². The molecule has 26 heavy (non-hydrogen) atoms. The maximum atomic E-state index is 12.8. The van der Waals surface area contributed by atoms with Gasteiger partial charge in [0.25, 0.3) is 5.91 Å². The van der Waals surface area contributed by atoms with Gasteiger partial charge in [-0.05, 0) is 43.5 Å². The summed E-state index contributed by atoms with van der Waals surface area (Å²) >= 11 is 0. The van der Waals surface area contributed by atoms with Crippen molar-refractivity contribution in [3.8, 4) is 0 Å². The molecule has 1 saturated heterocycles. The largest absolute Gasteiger partial charge is 0.346 e. The number of sulfonamides is 1. The van der Waals surface area contributed by atoms with Crippen molar-refractivity contribution in [3.05, 3.63) is 65.7 Å². The van der Waals surface area contributed by atoms with E-state index in [4.69, 9.17) is 0 Å². The molecule has 5 nitrogen and oxygen atoms in total. The Morgan fingerprint density at radius 3 is 2.38 bits per heavy atom. The zero-order valence-corrected chi connectivity index (χ0v) is 15.7. The van der Waals surface area contributed by atoms with Gasteiger partial charge in [0.05, 0.1) is 10.9 Å². The molecule has 1 fully saturated rings. The number of hydrogen-bond acceptors (Lipinski definition) is 3. The molecule has 138 valence electrons. The summed E-state index contributed by atoms with van der Waals surface area (Å²) < 4.78 is 27.1. The molecule has 1 amide bonds. The first kappa shape index (κ1) is 18.6. The van der Waals surface area contributed by atoms with Gasteiger partial charge in [-0.1, -0.05) is 42.8 Å². The molecule has 2 aromatic rings. The fourth-order valence-corrected chi connectivity index (χ4v) is 4.72. The van der Waals surface area contributed by atoms with Crippen molar-refractivity contribution < 1.29 is 13.2 Å². The van der Waals surface area contributed by atoms with Crippen LogP contribution in [0.4, 0.5) is 0 Å². The number of carbonyl (C=O) groups excluding carboxylic acids is 1. The second kappa shape index (κ2) is 8.01. The molecule has 2 aromatic carbocycles. The van der Waals surface area contributed by atoms with Gasteiger partial charge in [-0.15, -0.1) is 0 Å². The highest BCUT2D eigenvalue weighted by molar-refractivity contribution is 7.89. The number of nitrogens with one attached hydrogen (secondary N) is 1. The van der Waals surface area contributed by atoms with E-state index in [1.807, 2.05) is 37.3 Å². The summed E-state index contributed by atoms with van der Waals surface area (Å²) in [7, 11) is -3.55. The molecule has 0 aromatic heterocycles. The molecule has 0 saturated carbocycles. The van der Waals surface area contributed by atoms with Gasteiger partial charge in [-0.25, -0.2) is 8.42 Å². The van der Waals surface area contributed by atoms with Gasteiger partial charge in [0, 0.05) is 18.7 Å². The number of benzene rings is 2. The monoisotopic (exact) mass is 372 g/mol. The van der Waals surface area contributed by atoms with Crippen LogP contribution in [0.15, 0.2) is 59.5 Å². The maximum Gasteiger partial charge on any atom is 0.251 e. The van der Waals surface area contributed by atoms with Gasteiger partial charge < -0.3 is 5.32 Å². The average Bonchev–Trinajstić information content (AvgIpc) is 2.69. The molecule has 0 bridgehead atoms. The van der Waals surface area contributed by atoms with Crippen LogP contribution >= 0.6 is 0 Å². The molecule has 6 heteroatoms. The van der Waals surface area contributed by atoms with E-state index in [2.05, 4.69) is 5.32 Å². The highest BCUT2D eigenvalue weighted by atomic mass is 32.2. The quantitative estimate of drug-likeness (QED) is 0.875. The number of carbonyl (C=O) groups is 1. The highest BCUT2D eigenvalue weighted by Crippen LogP contribution is 2.21. The molecule has 3 rings (SSSR count). The van der Waals surface area contributed by atoms with Crippen molar-refractivity contribution in [3.63, 3.8) is 0 Å². The SMILES string of the molecule is C[C@H](NC(=O)c1cccc(S(=O)(=O)N2CCCCC2)c1)c1ccccc1. The first-order valence-corrected chi connectivity index (χ1v) is 10.4. The smallest absolute Gasteiger partial charge is 0.251 e. The van der Waals surface area contributed by atoms with E-state index in [9.17, 15) is 13.2 Å². The number of amides is 1. The standard InChI is InChI=1S/C20H24N2O3S/c1-16(17-9-4-2-5-10-17)21-20(23)18-11-8-12-19(15-18)26(24,25)22-13-6-3-7-14-22/h2,4-5,8-12,15-16H,3,6-7,13-14H2,1H3,(H,21,23)/t16-/m0/s1. The maximum absolute atomic E-state index is 12.8. The van der Waals surface area contributed by atoms with Crippen LogP contribution in [-0.4, -0.2) is 31.7 Å². The Kier molecular flexibility index (Phi) is 5.74. The molecule has 1 aliphatic rings. The van der Waals surface area contributed by atoms with Gasteiger partial charge in [0.1, 0.15) is 0 Å². The van der Waals surface area contributed by atoms with Gasteiger partial charge in [0.15, 0.2) is 0 Å². The predicted octanol–water partition coefficient (Wildman–Crippen LogP) is 3.35.